The molecular weight excluding hydrogens is 399 g/mol. The number of hydrogen-bond donors (Lipinski definition) is 4. The average Bonchev–Trinajstić information content (AvgIpc) is 3.14. The van der Waals surface area contributed by atoms with E-state index in [1.807, 2.05) is 0 Å². The summed E-state index contributed by atoms with van der Waals surface area (Å²) in [6.45, 7) is 0. The molecule has 4 rings (SSSR count). The lowest BCUT2D eigenvalue weighted by molar-refractivity contribution is -0.137. The number of carbonyl (C=O) groups excluding carboxylic acids is 1. The topological polar surface area (TPSA) is 122 Å². The Morgan fingerprint density at radius 2 is 1.73 bits per heavy atom. The van der Waals surface area contributed by atoms with E-state index < -0.39 is 17.8 Å². The fraction of sp³-hybridized carbons (Fsp3) is 0.0526. The minimum Gasteiger partial charge on any atom is -0.383 e. The molecule has 5 N–H and O–H groups in total. The van der Waals surface area contributed by atoms with Crippen LogP contribution in [0.2, 0.25) is 0 Å². The number of alkyl halides is 3. The van der Waals surface area contributed by atoms with Crippen molar-refractivity contribution in [3.05, 3.63) is 60.4 Å². The van der Waals surface area contributed by atoms with Crippen LogP contribution in [-0.2, 0) is 6.18 Å². The van der Waals surface area contributed by atoms with Crippen molar-refractivity contribution >= 4 is 34.3 Å². The Morgan fingerprint density at radius 3 is 2.47 bits per heavy atom. The molecule has 0 aliphatic rings. The zero-order valence-corrected chi connectivity index (χ0v) is 15.2. The normalized spacial score (nSPS) is 11.4. The molecule has 30 heavy (non-hydrogen) atoms. The standard InChI is InChI=1S/C19H14F3N7O/c20-19(21,22)11-2-1-3-13(8-11)27-18(30)26-12-6-4-10(5-7-12)15-14-16(23)24-9-25-17(14)29-28-15/h1-9H,(H2,26,27,30)(H3,23,24,25,28,29). The van der Waals surface area contributed by atoms with E-state index in [-0.39, 0.29) is 11.5 Å². The van der Waals surface area contributed by atoms with Crippen LogP contribution >= 0.6 is 0 Å². The van der Waals surface area contributed by atoms with Crippen molar-refractivity contribution in [3.8, 4) is 11.3 Å². The first-order chi connectivity index (χ1) is 14.3. The number of nitrogens with two attached hydrogens (primary N) is 1. The van der Waals surface area contributed by atoms with Gasteiger partial charge in [-0.1, -0.05) is 18.2 Å². The number of anilines is 3. The molecule has 0 saturated heterocycles. The van der Waals surface area contributed by atoms with Crippen molar-refractivity contribution in [3.63, 3.8) is 0 Å². The molecule has 0 fully saturated rings. The smallest absolute Gasteiger partial charge is 0.383 e. The number of aromatic nitrogens is 4. The number of aromatic amines is 1. The summed E-state index contributed by atoms with van der Waals surface area (Å²) in [5, 5.41) is 12.5. The van der Waals surface area contributed by atoms with Crippen molar-refractivity contribution in [2.45, 2.75) is 6.18 Å². The third kappa shape index (κ3) is 3.85. The summed E-state index contributed by atoms with van der Waals surface area (Å²) < 4.78 is 38.3. The van der Waals surface area contributed by atoms with Crippen LogP contribution in [0.4, 0.5) is 35.2 Å². The molecule has 0 aliphatic heterocycles. The van der Waals surface area contributed by atoms with E-state index in [2.05, 4.69) is 30.8 Å². The summed E-state index contributed by atoms with van der Waals surface area (Å²) in [6, 6.07) is 10.4. The lowest BCUT2D eigenvalue weighted by Gasteiger charge is -2.11. The zero-order valence-electron chi connectivity index (χ0n) is 15.2. The average molecular weight is 413 g/mol. The highest BCUT2D eigenvalue weighted by Gasteiger charge is 2.30. The molecule has 11 heteroatoms. The van der Waals surface area contributed by atoms with Gasteiger partial charge in [0, 0.05) is 16.9 Å². The van der Waals surface area contributed by atoms with Crippen LogP contribution in [0.25, 0.3) is 22.3 Å². The van der Waals surface area contributed by atoms with Crippen LogP contribution in [-0.4, -0.2) is 26.2 Å². The van der Waals surface area contributed by atoms with Gasteiger partial charge in [-0.2, -0.15) is 18.3 Å². The van der Waals surface area contributed by atoms with Crippen LogP contribution in [0, 0.1) is 0 Å². The van der Waals surface area contributed by atoms with E-state index in [0.717, 1.165) is 17.7 Å². The molecular formula is C19H14F3N7O. The first-order valence-electron chi connectivity index (χ1n) is 8.61. The number of H-pyrrole nitrogens is 1. The second-order valence-electron chi connectivity index (χ2n) is 6.29. The number of carbonyl (C=O) groups is 1. The lowest BCUT2D eigenvalue weighted by Crippen LogP contribution is -2.19. The molecule has 2 aromatic carbocycles. The SMILES string of the molecule is Nc1ncnc2n[nH]c(-c3ccc(NC(=O)Nc4cccc(C(F)(F)F)c4)cc3)c12. The number of amides is 2. The number of halogens is 3. The van der Waals surface area contributed by atoms with Gasteiger partial charge in [-0.25, -0.2) is 14.8 Å². The number of rotatable bonds is 3. The van der Waals surface area contributed by atoms with Gasteiger partial charge in [0.25, 0.3) is 0 Å². The minimum atomic E-state index is -4.49. The van der Waals surface area contributed by atoms with Crippen molar-refractivity contribution < 1.29 is 18.0 Å². The number of urea groups is 1. The third-order valence-electron chi connectivity index (χ3n) is 4.26. The second-order valence-corrected chi connectivity index (χ2v) is 6.29. The van der Waals surface area contributed by atoms with Gasteiger partial charge in [-0.15, -0.1) is 0 Å². The van der Waals surface area contributed by atoms with Gasteiger partial charge in [0.1, 0.15) is 12.1 Å². The molecule has 2 aromatic heterocycles. The summed E-state index contributed by atoms with van der Waals surface area (Å²) >= 11 is 0. The highest BCUT2D eigenvalue weighted by Crippen LogP contribution is 2.31. The molecule has 0 spiro atoms. The van der Waals surface area contributed by atoms with Gasteiger partial charge in [-0.05, 0) is 30.3 Å². The molecule has 0 atom stereocenters. The third-order valence-corrected chi connectivity index (χ3v) is 4.26. The Labute approximate surface area is 167 Å². The summed E-state index contributed by atoms with van der Waals surface area (Å²) in [7, 11) is 0. The monoisotopic (exact) mass is 413 g/mol. The van der Waals surface area contributed by atoms with E-state index in [9.17, 15) is 18.0 Å². The highest BCUT2D eigenvalue weighted by molar-refractivity contribution is 6.00. The Morgan fingerprint density at radius 1 is 1.00 bits per heavy atom. The van der Waals surface area contributed by atoms with Crippen LogP contribution in [0.15, 0.2) is 54.9 Å². The van der Waals surface area contributed by atoms with E-state index in [0.29, 0.717) is 22.4 Å². The molecule has 8 nitrogen and oxygen atoms in total. The summed E-state index contributed by atoms with van der Waals surface area (Å²) in [6.07, 6.45) is -3.17. The largest absolute Gasteiger partial charge is 0.416 e. The predicted octanol–water partition coefficient (Wildman–Crippen LogP) is 4.26. The van der Waals surface area contributed by atoms with Crippen molar-refractivity contribution in [2.75, 3.05) is 16.4 Å². The van der Waals surface area contributed by atoms with Gasteiger partial charge in [0.15, 0.2) is 5.65 Å². The van der Waals surface area contributed by atoms with E-state index in [4.69, 9.17) is 5.73 Å². The fourth-order valence-electron chi connectivity index (χ4n) is 2.87. The predicted molar refractivity (Wildman–Crippen MR) is 106 cm³/mol. The lowest BCUT2D eigenvalue weighted by atomic mass is 10.1. The molecule has 0 radical (unpaired) electrons. The van der Waals surface area contributed by atoms with Crippen LogP contribution in [0.1, 0.15) is 5.56 Å². The molecule has 0 saturated carbocycles. The number of nitrogens with zero attached hydrogens (tertiary/aromatic N) is 3. The van der Waals surface area contributed by atoms with Gasteiger partial charge in [0.05, 0.1) is 16.6 Å². The van der Waals surface area contributed by atoms with E-state index in [1.165, 1.54) is 18.5 Å². The maximum atomic E-state index is 12.8. The van der Waals surface area contributed by atoms with E-state index in [1.54, 1.807) is 24.3 Å². The highest BCUT2D eigenvalue weighted by atomic mass is 19.4. The second kappa shape index (κ2) is 7.35. The molecule has 2 heterocycles. The molecule has 0 bridgehead atoms. The Bertz CT molecular complexity index is 1220. The van der Waals surface area contributed by atoms with Crippen LogP contribution < -0.4 is 16.4 Å². The first kappa shape index (κ1) is 19.2. The quantitative estimate of drug-likeness (QED) is 0.400. The number of nitrogens with one attached hydrogen (secondary N) is 3. The summed E-state index contributed by atoms with van der Waals surface area (Å²) in [4.78, 5) is 20.1. The van der Waals surface area contributed by atoms with Crippen molar-refractivity contribution in [2.24, 2.45) is 0 Å². The van der Waals surface area contributed by atoms with E-state index >= 15 is 0 Å². The molecule has 0 unspecified atom stereocenters. The van der Waals surface area contributed by atoms with Crippen LogP contribution in [0.3, 0.4) is 0 Å². The summed E-state index contributed by atoms with van der Waals surface area (Å²) in [5.41, 5.74) is 7.32. The maximum absolute atomic E-state index is 12.8. The number of hydrogen-bond acceptors (Lipinski definition) is 5. The Hall–Kier alpha value is -4.15. The first-order valence-corrected chi connectivity index (χ1v) is 8.61. The number of fused-ring (bicyclic) bond motifs is 1. The molecule has 0 aliphatic carbocycles. The van der Waals surface area contributed by atoms with Gasteiger partial charge < -0.3 is 16.4 Å². The Balaban J connectivity index is 1.48. The maximum Gasteiger partial charge on any atom is 0.416 e. The number of nitrogen functional groups attached to an aromatic ring is 1. The molecule has 4 aromatic rings. The summed E-state index contributed by atoms with van der Waals surface area (Å²) in [5.74, 6) is 0.284. The zero-order chi connectivity index (χ0) is 21.3. The molecule has 152 valence electrons. The Kier molecular flexibility index (Phi) is 4.70. The van der Waals surface area contributed by atoms with Gasteiger partial charge >= 0.3 is 12.2 Å². The minimum absolute atomic E-state index is 0.0263. The van der Waals surface area contributed by atoms with Crippen LogP contribution in [0.5, 0.6) is 0 Å². The van der Waals surface area contributed by atoms with Gasteiger partial charge in [0.2, 0.25) is 0 Å². The van der Waals surface area contributed by atoms with Crippen molar-refractivity contribution in [1.82, 2.24) is 20.2 Å². The fourth-order valence-corrected chi connectivity index (χ4v) is 2.87. The molecule has 2 amide bonds. The van der Waals surface area contributed by atoms with Gasteiger partial charge in [-0.3, -0.25) is 5.10 Å². The van der Waals surface area contributed by atoms with Crippen molar-refractivity contribution in [1.29, 1.82) is 0 Å². The number of benzene rings is 2.